The molecule has 3 amide bonds. The van der Waals surface area contributed by atoms with E-state index in [2.05, 4.69) is 16.0 Å². The lowest BCUT2D eigenvalue weighted by Crippen LogP contribution is -2.31. The lowest BCUT2D eigenvalue weighted by atomic mass is 10.1. The fourth-order valence-electron chi connectivity index (χ4n) is 2.11. The van der Waals surface area contributed by atoms with E-state index in [1.165, 1.54) is 12.1 Å². The number of carbonyl (C=O) groups excluding carboxylic acids is 2. The molecule has 2 aromatic carbocycles. The standard InChI is InChI=1S/C18H20FN3O2/c1-12(2)20-17(23)11-13-7-9-14(10-8-13)21-18(24)22-16-6-4-3-5-15(16)19/h3-10,12H,11H2,1-2H3,(H,20,23)(H2,21,22,24). The zero-order chi connectivity index (χ0) is 17.5. The molecule has 0 atom stereocenters. The van der Waals surface area contributed by atoms with Gasteiger partial charge in [0.15, 0.2) is 0 Å². The van der Waals surface area contributed by atoms with Crippen LogP contribution in [0.5, 0.6) is 0 Å². The molecule has 0 aliphatic carbocycles. The second kappa shape index (κ2) is 8.10. The second-order valence-corrected chi connectivity index (χ2v) is 5.65. The molecular weight excluding hydrogens is 309 g/mol. The van der Waals surface area contributed by atoms with E-state index in [4.69, 9.17) is 0 Å². The van der Waals surface area contributed by atoms with Gasteiger partial charge in [0.2, 0.25) is 5.91 Å². The van der Waals surface area contributed by atoms with Crippen LogP contribution >= 0.6 is 0 Å². The number of amides is 3. The molecule has 6 heteroatoms. The predicted molar refractivity (Wildman–Crippen MR) is 92.5 cm³/mol. The number of hydrogen-bond acceptors (Lipinski definition) is 2. The zero-order valence-corrected chi connectivity index (χ0v) is 13.6. The molecule has 5 nitrogen and oxygen atoms in total. The lowest BCUT2D eigenvalue weighted by Gasteiger charge is -2.10. The van der Waals surface area contributed by atoms with Gasteiger partial charge < -0.3 is 16.0 Å². The highest BCUT2D eigenvalue weighted by Crippen LogP contribution is 2.14. The summed E-state index contributed by atoms with van der Waals surface area (Å²) in [5, 5.41) is 7.87. The molecule has 0 saturated heterocycles. The summed E-state index contributed by atoms with van der Waals surface area (Å²) in [4.78, 5) is 23.6. The SMILES string of the molecule is CC(C)NC(=O)Cc1ccc(NC(=O)Nc2ccccc2F)cc1. The number of para-hydroxylation sites is 1. The fraction of sp³-hybridized carbons (Fsp3) is 0.222. The molecule has 0 aliphatic rings. The summed E-state index contributed by atoms with van der Waals surface area (Å²) in [6, 6.07) is 12.4. The van der Waals surface area contributed by atoms with Gasteiger partial charge >= 0.3 is 6.03 Å². The fourth-order valence-corrected chi connectivity index (χ4v) is 2.11. The maximum Gasteiger partial charge on any atom is 0.323 e. The van der Waals surface area contributed by atoms with Gasteiger partial charge in [0.05, 0.1) is 12.1 Å². The molecule has 0 fully saturated rings. The maximum absolute atomic E-state index is 13.5. The Hall–Kier alpha value is -2.89. The Morgan fingerprint density at radius 3 is 2.29 bits per heavy atom. The number of urea groups is 1. The number of anilines is 2. The summed E-state index contributed by atoms with van der Waals surface area (Å²) in [6.07, 6.45) is 0.278. The Bertz CT molecular complexity index is 714. The molecule has 3 N–H and O–H groups in total. The maximum atomic E-state index is 13.5. The summed E-state index contributed by atoms with van der Waals surface area (Å²) in [5.41, 5.74) is 1.50. The molecule has 126 valence electrons. The summed E-state index contributed by atoms with van der Waals surface area (Å²) >= 11 is 0. The van der Waals surface area contributed by atoms with Gasteiger partial charge in [-0.25, -0.2) is 9.18 Å². The van der Waals surface area contributed by atoms with Gasteiger partial charge in [0.1, 0.15) is 5.82 Å². The molecule has 2 aromatic rings. The summed E-state index contributed by atoms with van der Waals surface area (Å²) in [6.45, 7) is 3.80. The van der Waals surface area contributed by atoms with Crippen LogP contribution in [0.4, 0.5) is 20.6 Å². The first-order valence-corrected chi connectivity index (χ1v) is 7.65. The van der Waals surface area contributed by atoms with E-state index in [0.29, 0.717) is 5.69 Å². The van der Waals surface area contributed by atoms with Crippen LogP contribution in [0.2, 0.25) is 0 Å². The largest absolute Gasteiger partial charge is 0.354 e. The van der Waals surface area contributed by atoms with E-state index in [-0.39, 0.29) is 24.1 Å². The minimum atomic E-state index is -0.537. The molecule has 0 spiro atoms. The third-order valence-electron chi connectivity index (χ3n) is 3.15. The summed E-state index contributed by atoms with van der Waals surface area (Å²) < 4.78 is 13.5. The number of benzene rings is 2. The van der Waals surface area contributed by atoms with E-state index in [0.717, 1.165) is 5.56 Å². The van der Waals surface area contributed by atoms with Crippen LogP contribution in [0.15, 0.2) is 48.5 Å². The first-order chi connectivity index (χ1) is 11.4. The van der Waals surface area contributed by atoms with Gasteiger partial charge in [-0.1, -0.05) is 24.3 Å². The van der Waals surface area contributed by atoms with Crippen molar-refractivity contribution in [1.29, 1.82) is 0 Å². The lowest BCUT2D eigenvalue weighted by molar-refractivity contribution is -0.120. The molecule has 0 aromatic heterocycles. The van der Waals surface area contributed by atoms with Crippen molar-refractivity contribution in [3.8, 4) is 0 Å². The topological polar surface area (TPSA) is 70.2 Å². The Balaban J connectivity index is 1.90. The minimum absolute atomic E-state index is 0.0528. The molecule has 0 bridgehead atoms. The van der Waals surface area contributed by atoms with Gasteiger partial charge in [0.25, 0.3) is 0 Å². The number of nitrogens with one attached hydrogen (secondary N) is 3. The van der Waals surface area contributed by atoms with Crippen molar-refractivity contribution in [3.63, 3.8) is 0 Å². The van der Waals surface area contributed by atoms with Crippen LogP contribution in [0.1, 0.15) is 19.4 Å². The number of hydrogen-bond donors (Lipinski definition) is 3. The average molecular weight is 329 g/mol. The van der Waals surface area contributed by atoms with Crippen LogP contribution in [0.25, 0.3) is 0 Å². The van der Waals surface area contributed by atoms with Gasteiger partial charge in [-0.15, -0.1) is 0 Å². The molecule has 0 aliphatic heterocycles. The second-order valence-electron chi connectivity index (χ2n) is 5.65. The monoisotopic (exact) mass is 329 g/mol. The Kier molecular flexibility index (Phi) is 5.89. The number of halogens is 1. The third kappa shape index (κ3) is 5.39. The van der Waals surface area contributed by atoms with Crippen molar-refractivity contribution >= 4 is 23.3 Å². The first-order valence-electron chi connectivity index (χ1n) is 7.65. The van der Waals surface area contributed by atoms with Crippen molar-refractivity contribution in [2.45, 2.75) is 26.3 Å². The smallest absolute Gasteiger partial charge is 0.323 e. The van der Waals surface area contributed by atoms with Crippen molar-refractivity contribution < 1.29 is 14.0 Å². The van der Waals surface area contributed by atoms with Crippen LogP contribution in [-0.4, -0.2) is 18.0 Å². The highest BCUT2D eigenvalue weighted by atomic mass is 19.1. The van der Waals surface area contributed by atoms with Gasteiger partial charge in [-0.2, -0.15) is 0 Å². The summed E-state index contributed by atoms with van der Waals surface area (Å²) in [5.74, 6) is -0.554. The van der Waals surface area contributed by atoms with E-state index >= 15 is 0 Å². The van der Waals surface area contributed by atoms with Gasteiger partial charge in [-0.3, -0.25) is 4.79 Å². The normalized spacial score (nSPS) is 10.3. The van der Waals surface area contributed by atoms with E-state index < -0.39 is 11.8 Å². The molecule has 24 heavy (non-hydrogen) atoms. The highest BCUT2D eigenvalue weighted by molar-refractivity contribution is 5.99. The molecule has 0 saturated carbocycles. The molecule has 0 heterocycles. The quantitative estimate of drug-likeness (QED) is 0.785. The van der Waals surface area contributed by atoms with E-state index in [1.54, 1.807) is 36.4 Å². The highest BCUT2D eigenvalue weighted by Gasteiger charge is 2.08. The predicted octanol–water partition coefficient (Wildman–Crippen LogP) is 3.54. The van der Waals surface area contributed by atoms with Crippen LogP contribution in [0.3, 0.4) is 0 Å². The van der Waals surface area contributed by atoms with Crippen molar-refractivity contribution in [3.05, 3.63) is 59.9 Å². The van der Waals surface area contributed by atoms with Gasteiger partial charge in [-0.05, 0) is 43.7 Å². The van der Waals surface area contributed by atoms with E-state index in [1.807, 2.05) is 13.8 Å². The Morgan fingerprint density at radius 1 is 1.00 bits per heavy atom. The molecule has 2 rings (SSSR count). The zero-order valence-electron chi connectivity index (χ0n) is 13.6. The number of rotatable bonds is 5. The van der Waals surface area contributed by atoms with Crippen LogP contribution in [-0.2, 0) is 11.2 Å². The van der Waals surface area contributed by atoms with Crippen molar-refractivity contribution in [1.82, 2.24) is 5.32 Å². The molecule has 0 radical (unpaired) electrons. The average Bonchev–Trinajstić information content (AvgIpc) is 2.51. The van der Waals surface area contributed by atoms with E-state index in [9.17, 15) is 14.0 Å². The summed E-state index contributed by atoms with van der Waals surface area (Å²) in [7, 11) is 0. The van der Waals surface area contributed by atoms with Crippen molar-refractivity contribution in [2.75, 3.05) is 10.6 Å². The Morgan fingerprint density at radius 2 is 1.67 bits per heavy atom. The molecule has 0 unspecified atom stereocenters. The van der Waals surface area contributed by atoms with Crippen molar-refractivity contribution in [2.24, 2.45) is 0 Å². The molecular formula is C18H20FN3O2. The van der Waals surface area contributed by atoms with Crippen LogP contribution < -0.4 is 16.0 Å². The minimum Gasteiger partial charge on any atom is -0.354 e. The Labute approximate surface area is 140 Å². The third-order valence-corrected chi connectivity index (χ3v) is 3.15. The first kappa shape index (κ1) is 17.5. The van der Waals surface area contributed by atoms with Crippen LogP contribution in [0, 0.1) is 5.82 Å². The number of carbonyl (C=O) groups is 2. The van der Waals surface area contributed by atoms with Gasteiger partial charge in [0, 0.05) is 11.7 Å².